The van der Waals surface area contributed by atoms with E-state index < -0.39 is 0 Å². The minimum Gasteiger partial charge on any atom is -0.0888 e. The lowest BCUT2D eigenvalue weighted by atomic mass is 10.1. The molecule has 0 saturated heterocycles. The van der Waals surface area contributed by atoms with Gasteiger partial charge in [-0.3, -0.25) is 0 Å². The van der Waals surface area contributed by atoms with Crippen molar-refractivity contribution in [1.29, 1.82) is 0 Å². The van der Waals surface area contributed by atoms with Crippen LogP contribution in [0.5, 0.6) is 0 Å². The summed E-state index contributed by atoms with van der Waals surface area (Å²) in [5.41, 5.74) is 3.00. The highest BCUT2D eigenvalue weighted by Gasteiger charge is 1.89. The summed E-state index contributed by atoms with van der Waals surface area (Å²) in [7, 11) is 0. The van der Waals surface area contributed by atoms with E-state index in [0.29, 0.717) is 0 Å². The highest BCUT2D eigenvalue weighted by Crippen LogP contribution is 2.09. The van der Waals surface area contributed by atoms with Gasteiger partial charge in [-0.05, 0) is 40.0 Å². The fourth-order valence-electron chi connectivity index (χ4n) is 0.834. The summed E-state index contributed by atoms with van der Waals surface area (Å²) in [5.74, 6) is 0. The van der Waals surface area contributed by atoms with Crippen LogP contribution in [0.4, 0.5) is 0 Å². The standard InChI is InChI=1S/C11H20/c1-5-6-7-8-9-11(4)10(2)3/h6-7H,5,8-9H2,1-4H3. The van der Waals surface area contributed by atoms with Crippen molar-refractivity contribution in [2.45, 2.75) is 47.0 Å². The molecule has 0 amide bonds. The molecule has 0 aliphatic heterocycles. The van der Waals surface area contributed by atoms with Crippen LogP contribution in [-0.4, -0.2) is 0 Å². The van der Waals surface area contributed by atoms with Crippen molar-refractivity contribution in [3.63, 3.8) is 0 Å². The molecule has 0 aliphatic carbocycles. The Morgan fingerprint density at radius 2 is 1.73 bits per heavy atom. The Labute approximate surface area is 71.0 Å². The van der Waals surface area contributed by atoms with Crippen LogP contribution < -0.4 is 0 Å². The molecule has 0 fully saturated rings. The second-order valence-electron chi connectivity index (χ2n) is 3.20. The van der Waals surface area contributed by atoms with E-state index in [9.17, 15) is 0 Å². The van der Waals surface area contributed by atoms with Gasteiger partial charge in [0.2, 0.25) is 0 Å². The first-order chi connectivity index (χ1) is 5.18. The molecule has 0 unspecified atom stereocenters. The van der Waals surface area contributed by atoms with Crippen LogP contribution in [0.1, 0.15) is 47.0 Å². The zero-order valence-electron chi connectivity index (χ0n) is 8.28. The number of hydrogen-bond acceptors (Lipinski definition) is 0. The van der Waals surface area contributed by atoms with Gasteiger partial charge in [0.05, 0.1) is 0 Å². The Morgan fingerprint density at radius 1 is 1.09 bits per heavy atom. The van der Waals surface area contributed by atoms with E-state index in [1.165, 1.54) is 24.0 Å². The molecule has 64 valence electrons. The number of hydrogen-bond donors (Lipinski definition) is 0. The Kier molecular flexibility index (Phi) is 5.91. The molecule has 11 heavy (non-hydrogen) atoms. The van der Waals surface area contributed by atoms with Gasteiger partial charge in [0.15, 0.2) is 0 Å². The molecule has 0 nitrogen and oxygen atoms in total. The fraction of sp³-hybridized carbons (Fsp3) is 0.636. The zero-order valence-corrected chi connectivity index (χ0v) is 8.28. The molecule has 0 aliphatic rings. The van der Waals surface area contributed by atoms with Crippen molar-refractivity contribution >= 4 is 0 Å². The predicted octanol–water partition coefficient (Wildman–Crippen LogP) is 4.09. The SMILES string of the molecule is CCC=CCCC(C)=C(C)C. The first kappa shape index (κ1) is 10.5. The van der Waals surface area contributed by atoms with Crippen molar-refractivity contribution < 1.29 is 0 Å². The third-order valence-electron chi connectivity index (χ3n) is 1.94. The lowest BCUT2D eigenvalue weighted by Gasteiger charge is -1.99. The van der Waals surface area contributed by atoms with Crippen LogP contribution in [0.15, 0.2) is 23.3 Å². The van der Waals surface area contributed by atoms with E-state index in [1.807, 2.05) is 0 Å². The second kappa shape index (κ2) is 6.21. The van der Waals surface area contributed by atoms with Gasteiger partial charge in [0.1, 0.15) is 0 Å². The smallest absolute Gasteiger partial charge is 0.0286 e. The summed E-state index contributed by atoms with van der Waals surface area (Å²) in [5, 5.41) is 0. The van der Waals surface area contributed by atoms with Crippen LogP contribution in [0, 0.1) is 0 Å². The lowest BCUT2D eigenvalue weighted by molar-refractivity contribution is 0.948. The van der Waals surface area contributed by atoms with Gasteiger partial charge in [0.25, 0.3) is 0 Å². The molecule has 0 atom stereocenters. The molecule has 0 aromatic carbocycles. The molecule has 0 saturated carbocycles. The van der Waals surface area contributed by atoms with Crippen molar-refractivity contribution in [3.8, 4) is 0 Å². The summed E-state index contributed by atoms with van der Waals surface area (Å²) >= 11 is 0. The second-order valence-corrected chi connectivity index (χ2v) is 3.20. The summed E-state index contributed by atoms with van der Waals surface area (Å²) in [6, 6.07) is 0. The molecule has 0 aromatic heterocycles. The Morgan fingerprint density at radius 3 is 2.18 bits per heavy atom. The largest absolute Gasteiger partial charge is 0.0888 e. The van der Waals surface area contributed by atoms with E-state index in [1.54, 1.807) is 0 Å². The van der Waals surface area contributed by atoms with Crippen LogP contribution in [0.2, 0.25) is 0 Å². The van der Waals surface area contributed by atoms with Gasteiger partial charge >= 0.3 is 0 Å². The van der Waals surface area contributed by atoms with Crippen LogP contribution >= 0.6 is 0 Å². The topological polar surface area (TPSA) is 0 Å². The summed E-state index contributed by atoms with van der Waals surface area (Å²) in [4.78, 5) is 0. The van der Waals surface area contributed by atoms with E-state index in [-0.39, 0.29) is 0 Å². The maximum absolute atomic E-state index is 2.27. The fourth-order valence-corrected chi connectivity index (χ4v) is 0.834. The first-order valence-corrected chi connectivity index (χ1v) is 4.46. The molecular formula is C11H20. The van der Waals surface area contributed by atoms with Gasteiger partial charge in [-0.25, -0.2) is 0 Å². The molecule has 0 N–H and O–H groups in total. The summed E-state index contributed by atoms with van der Waals surface area (Å²) in [6.45, 7) is 8.75. The maximum atomic E-state index is 2.27. The van der Waals surface area contributed by atoms with Gasteiger partial charge in [-0.15, -0.1) is 0 Å². The zero-order chi connectivity index (χ0) is 8.69. The summed E-state index contributed by atoms with van der Waals surface area (Å²) < 4.78 is 0. The Balaban J connectivity index is 3.55. The van der Waals surface area contributed by atoms with Gasteiger partial charge in [0, 0.05) is 0 Å². The maximum Gasteiger partial charge on any atom is -0.0286 e. The van der Waals surface area contributed by atoms with E-state index >= 15 is 0 Å². The minimum atomic E-state index is 1.16. The van der Waals surface area contributed by atoms with Crippen LogP contribution in [-0.2, 0) is 0 Å². The highest BCUT2D eigenvalue weighted by molar-refractivity contribution is 5.07. The van der Waals surface area contributed by atoms with Gasteiger partial charge in [-0.2, -0.15) is 0 Å². The quantitative estimate of drug-likeness (QED) is 0.532. The van der Waals surface area contributed by atoms with Gasteiger partial charge in [-0.1, -0.05) is 30.2 Å². The first-order valence-electron chi connectivity index (χ1n) is 4.46. The van der Waals surface area contributed by atoms with Gasteiger partial charge < -0.3 is 0 Å². The molecular weight excluding hydrogens is 132 g/mol. The van der Waals surface area contributed by atoms with Crippen LogP contribution in [0.3, 0.4) is 0 Å². The number of rotatable bonds is 4. The molecule has 0 heteroatoms. The lowest BCUT2D eigenvalue weighted by Crippen LogP contribution is -1.79. The van der Waals surface area contributed by atoms with Crippen LogP contribution in [0.25, 0.3) is 0 Å². The predicted molar refractivity (Wildman–Crippen MR) is 52.7 cm³/mol. The summed E-state index contributed by atoms with van der Waals surface area (Å²) in [6.07, 6.45) is 8.09. The van der Waals surface area contributed by atoms with Crippen molar-refractivity contribution in [2.75, 3.05) is 0 Å². The Hall–Kier alpha value is -0.520. The molecule has 0 bridgehead atoms. The van der Waals surface area contributed by atoms with Crippen molar-refractivity contribution in [3.05, 3.63) is 23.3 Å². The monoisotopic (exact) mass is 152 g/mol. The third-order valence-corrected chi connectivity index (χ3v) is 1.94. The Bertz CT molecular complexity index is 145. The molecule has 0 radical (unpaired) electrons. The highest BCUT2D eigenvalue weighted by atomic mass is 14.0. The average molecular weight is 152 g/mol. The minimum absolute atomic E-state index is 1.16. The van der Waals surface area contributed by atoms with E-state index in [0.717, 1.165) is 6.42 Å². The number of allylic oxidation sites excluding steroid dienone is 4. The van der Waals surface area contributed by atoms with E-state index in [2.05, 4.69) is 39.8 Å². The van der Waals surface area contributed by atoms with E-state index in [4.69, 9.17) is 0 Å². The normalized spacial score (nSPS) is 10.5. The third kappa shape index (κ3) is 5.90. The molecule has 0 heterocycles. The molecule has 0 aromatic rings. The molecule has 0 rings (SSSR count). The average Bonchev–Trinajstić information content (AvgIpc) is 1.97. The van der Waals surface area contributed by atoms with Crippen molar-refractivity contribution in [2.24, 2.45) is 0 Å². The molecule has 0 spiro atoms. The van der Waals surface area contributed by atoms with Crippen molar-refractivity contribution in [1.82, 2.24) is 0 Å².